The van der Waals surface area contributed by atoms with Crippen LogP contribution in [0.3, 0.4) is 0 Å². The van der Waals surface area contributed by atoms with Crippen LogP contribution in [-0.2, 0) is 19.4 Å². The fourth-order valence-electron chi connectivity index (χ4n) is 5.67. The fraction of sp³-hybridized carbons (Fsp3) is 0.419. The summed E-state index contributed by atoms with van der Waals surface area (Å²) >= 11 is 0. The molecular formula is C31H36N6O4S. The number of sulfone groups is 1. The minimum absolute atomic E-state index is 0.0131. The van der Waals surface area contributed by atoms with Crippen LogP contribution in [0.5, 0.6) is 0 Å². The van der Waals surface area contributed by atoms with Crippen LogP contribution in [0.25, 0.3) is 10.9 Å². The van der Waals surface area contributed by atoms with Crippen LogP contribution in [0.1, 0.15) is 43.4 Å². The molecule has 0 aliphatic carbocycles. The number of likely N-dealkylation sites (tertiary alicyclic amines) is 2. The van der Waals surface area contributed by atoms with E-state index < -0.39 is 21.1 Å². The number of carbonyl (C=O) groups excluding carboxylic acids is 2. The van der Waals surface area contributed by atoms with Gasteiger partial charge in [0.15, 0.2) is 0 Å². The van der Waals surface area contributed by atoms with Gasteiger partial charge in [0.1, 0.15) is 11.9 Å². The number of aryl methyl sites for hydroxylation is 2. The van der Waals surface area contributed by atoms with Gasteiger partial charge >= 0.3 is 0 Å². The van der Waals surface area contributed by atoms with Gasteiger partial charge in [-0.15, -0.1) is 0 Å². The molecule has 2 N–H and O–H groups in total. The molecule has 0 spiro atoms. The Morgan fingerprint density at radius 1 is 1.07 bits per heavy atom. The summed E-state index contributed by atoms with van der Waals surface area (Å²) in [6.07, 6.45) is 3.68. The lowest BCUT2D eigenvalue weighted by Gasteiger charge is -2.26. The summed E-state index contributed by atoms with van der Waals surface area (Å²) in [6, 6.07) is 14.4. The highest BCUT2D eigenvalue weighted by molar-refractivity contribution is 7.93. The molecule has 42 heavy (non-hydrogen) atoms. The molecule has 10 nitrogen and oxygen atoms in total. The molecule has 11 heteroatoms. The number of aromatic amines is 1. The van der Waals surface area contributed by atoms with Gasteiger partial charge in [-0.2, -0.15) is 5.26 Å². The number of benzene rings is 2. The van der Waals surface area contributed by atoms with Gasteiger partial charge < -0.3 is 20.1 Å². The molecule has 3 heterocycles. The van der Waals surface area contributed by atoms with Crippen molar-refractivity contribution in [2.75, 3.05) is 31.5 Å². The summed E-state index contributed by atoms with van der Waals surface area (Å²) in [5, 5.41) is 12.7. The highest BCUT2D eigenvalue weighted by atomic mass is 32.2. The first-order valence-corrected chi connectivity index (χ1v) is 15.9. The van der Waals surface area contributed by atoms with Gasteiger partial charge in [-0.3, -0.25) is 14.6 Å². The number of amidine groups is 1. The second-order valence-electron chi connectivity index (χ2n) is 11.0. The zero-order valence-electron chi connectivity index (χ0n) is 24.0. The number of rotatable bonds is 7. The predicted octanol–water partition coefficient (Wildman–Crippen LogP) is 3.96. The number of aliphatic imine (C=N–C) groups is 1. The molecule has 3 aromatic rings. The molecule has 0 saturated carbocycles. The maximum Gasteiger partial charge on any atom is 0.247 e. The van der Waals surface area contributed by atoms with Crippen molar-refractivity contribution in [3.05, 3.63) is 59.8 Å². The minimum Gasteiger partial charge on any atom is -0.357 e. The Balaban J connectivity index is 1.54. The third-order valence-corrected chi connectivity index (χ3v) is 10.1. The molecule has 0 radical (unpaired) electrons. The van der Waals surface area contributed by atoms with Crippen LogP contribution in [0.2, 0.25) is 0 Å². The van der Waals surface area contributed by atoms with E-state index in [-0.39, 0.29) is 29.1 Å². The first kappa shape index (κ1) is 29.3. The smallest absolute Gasteiger partial charge is 0.247 e. The number of hydrogen-bond donors (Lipinski definition) is 2. The molecule has 2 saturated heterocycles. The van der Waals surface area contributed by atoms with Crippen LogP contribution < -0.4 is 5.32 Å². The number of carbonyl (C=O) groups is 2. The summed E-state index contributed by atoms with van der Waals surface area (Å²) in [7, 11) is -4.20. The van der Waals surface area contributed by atoms with Gasteiger partial charge in [0, 0.05) is 30.7 Å². The lowest BCUT2D eigenvalue weighted by Crippen LogP contribution is -2.45. The van der Waals surface area contributed by atoms with E-state index in [1.165, 1.54) is 17.0 Å². The monoisotopic (exact) mass is 588 g/mol. The quantitative estimate of drug-likeness (QED) is 0.316. The highest BCUT2D eigenvalue weighted by Crippen LogP contribution is 2.29. The summed E-state index contributed by atoms with van der Waals surface area (Å²) in [5.74, 6) is -0.544. The van der Waals surface area contributed by atoms with Gasteiger partial charge in [-0.1, -0.05) is 30.3 Å². The maximum atomic E-state index is 13.8. The van der Waals surface area contributed by atoms with Crippen molar-refractivity contribution in [1.82, 2.24) is 14.8 Å². The zero-order valence-corrected chi connectivity index (χ0v) is 24.8. The van der Waals surface area contributed by atoms with Crippen molar-refractivity contribution in [3.8, 4) is 6.07 Å². The molecule has 1 aromatic heterocycles. The molecule has 220 valence electrons. The zero-order chi connectivity index (χ0) is 29.9. The Bertz CT molecular complexity index is 1650. The van der Waals surface area contributed by atoms with E-state index in [0.29, 0.717) is 44.6 Å². The molecule has 5 rings (SSSR count). The van der Waals surface area contributed by atoms with Crippen LogP contribution in [-0.4, -0.2) is 78.3 Å². The van der Waals surface area contributed by atoms with E-state index in [1.54, 1.807) is 29.2 Å². The van der Waals surface area contributed by atoms with Gasteiger partial charge in [0.2, 0.25) is 26.9 Å². The first-order valence-electron chi connectivity index (χ1n) is 14.4. The number of hydrogen-bond acceptors (Lipinski definition) is 6. The van der Waals surface area contributed by atoms with Crippen LogP contribution in [0.4, 0.5) is 5.69 Å². The number of anilines is 1. The molecule has 2 amide bonds. The Labute approximate surface area is 246 Å². The third kappa shape index (κ3) is 5.90. The van der Waals surface area contributed by atoms with E-state index in [9.17, 15) is 23.3 Å². The minimum atomic E-state index is -4.20. The Morgan fingerprint density at radius 2 is 1.79 bits per heavy atom. The van der Waals surface area contributed by atoms with E-state index in [0.717, 1.165) is 35.0 Å². The number of nitrogens with one attached hydrogen (secondary N) is 2. The molecule has 2 aliphatic heterocycles. The normalized spacial score (nSPS) is 19.0. The van der Waals surface area contributed by atoms with Crippen molar-refractivity contribution >= 4 is 44.1 Å². The second-order valence-corrected chi connectivity index (χ2v) is 13.0. The molecule has 2 atom stereocenters. The Hall–Kier alpha value is -4.17. The first-order chi connectivity index (χ1) is 20.2. The number of fused-ring (bicyclic) bond motifs is 1. The van der Waals surface area contributed by atoms with Crippen molar-refractivity contribution < 1.29 is 18.0 Å². The van der Waals surface area contributed by atoms with Crippen LogP contribution >= 0.6 is 0 Å². The Kier molecular flexibility index (Phi) is 8.64. The molecule has 2 aromatic carbocycles. The average molecular weight is 589 g/mol. The topological polar surface area (TPSA) is 139 Å². The number of aromatic nitrogens is 1. The number of H-pyrrole nitrogens is 1. The molecule has 2 aliphatic rings. The van der Waals surface area contributed by atoms with E-state index in [1.807, 2.05) is 32.0 Å². The average Bonchev–Trinajstić information content (AvgIpc) is 3.59. The van der Waals surface area contributed by atoms with Crippen molar-refractivity contribution in [2.24, 2.45) is 4.99 Å². The largest absolute Gasteiger partial charge is 0.357 e. The maximum absolute atomic E-state index is 13.8. The molecule has 0 bridgehead atoms. The third-order valence-electron chi connectivity index (χ3n) is 8.19. The lowest BCUT2D eigenvalue weighted by molar-refractivity contribution is -0.140. The molecular weight excluding hydrogens is 552 g/mol. The standard InChI is InChI=1S/C31H36N6O4S/c1-21-22(2)33-29-24(21)13-10-15-25(29)34-30(27(19-32)42(40,41)23-11-4-3-5-12-23)35-26-14-6-7-18-37(31(26)39)20-28(38)36-16-8-9-17-36/h3-5,10-13,15,26-27,33H,6-9,14,16-18,20H2,1-2H3,(H,34,35)/t26-,27?/m0/s1. The van der Waals surface area contributed by atoms with E-state index in [2.05, 4.69) is 10.3 Å². The predicted molar refractivity (Wildman–Crippen MR) is 162 cm³/mol. The second kappa shape index (κ2) is 12.4. The SMILES string of the molecule is Cc1[nH]c2c(NC(=N[C@H]3CCCCN(CC(=O)N4CCCC4)C3=O)C(C#N)S(=O)(=O)c3ccccc3)cccc2c1C. The van der Waals surface area contributed by atoms with E-state index >= 15 is 0 Å². The van der Waals surface area contributed by atoms with Crippen molar-refractivity contribution in [3.63, 3.8) is 0 Å². The lowest BCUT2D eigenvalue weighted by atomic mass is 10.1. The number of nitrogens with zero attached hydrogens (tertiary/aromatic N) is 4. The van der Waals surface area contributed by atoms with Gasteiger partial charge in [-0.05, 0) is 69.7 Å². The number of nitriles is 1. The summed E-state index contributed by atoms with van der Waals surface area (Å²) in [5.41, 5.74) is 3.31. The van der Waals surface area contributed by atoms with Crippen molar-refractivity contribution in [1.29, 1.82) is 5.26 Å². The summed E-state index contributed by atoms with van der Waals surface area (Å²) < 4.78 is 27.5. The summed E-state index contributed by atoms with van der Waals surface area (Å²) in [6.45, 7) is 5.73. The molecule has 2 fully saturated rings. The van der Waals surface area contributed by atoms with Gasteiger partial charge in [-0.25, -0.2) is 8.42 Å². The van der Waals surface area contributed by atoms with Crippen LogP contribution in [0, 0.1) is 25.2 Å². The number of para-hydroxylation sites is 1. The molecule has 1 unspecified atom stereocenters. The van der Waals surface area contributed by atoms with Gasteiger partial charge in [0.05, 0.1) is 28.7 Å². The highest BCUT2D eigenvalue weighted by Gasteiger charge is 2.36. The Morgan fingerprint density at radius 3 is 2.50 bits per heavy atom. The summed E-state index contributed by atoms with van der Waals surface area (Å²) in [4.78, 5) is 38.0. The van der Waals surface area contributed by atoms with Gasteiger partial charge in [0.25, 0.3) is 0 Å². The van der Waals surface area contributed by atoms with Crippen molar-refractivity contribution in [2.45, 2.75) is 62.1 Å². The van der Waals surface area contributed by atoms with Crippen LogP contribution in [0.15, 0.2) is 58.4 Å². The van der Waals surface area contributed by atoms with E-state index in [4.69, 9.17) is 4.99 Å². The number of amides is 2. The fourth-order valence-corrected chi connectivity index (χ4v) is 7.03.